The zero-order valence-electron chi connectivity index (χ0n) is 9.04. The molecule has 16 heavy (non-hydrogen) atoms. The maximum atomic E-state index is 11.9. The zero-order chi connectivity index (χ0) is 11.2. The van der Waals surface area contributed by atoms with Crippen LogP contribution in [-0.4, -0.2) is 27.8 Å². The van der Waals surface area contributed by atoms with Crippen LogP contribution < -0.4 is 0 Å². The summed E-state index contributed by atoms with van der Waals surface area (Å²) in [5.41, 5.74) is 0. The highest BCUT2D eigenvalue weighted by molar-refractivity contribution is 7.90. The summed E-state index contributed by atoms with van der Waals surface area (Å²) in [5, 5.41) is 3.93. The van der Waals surface area contributed by atoms with Crippen molar-refractivity contribution in [2.24, 2.45) is 0 Å². The summed E-state index contributed by atoms with van der Waals surface area (Å²) in [5.74, 6) is 1.08. The molecule has 88 valence electrons. The Morgan fingerprint density at radius 2 is 1.88 bits per heavy atom. The van der Waals surface area contributed by atoms with Gasteiger partial charge in [0.15, 0.2) is 5.82 Å². The first-order valence-electron chi connectivity index (χ1n) is 5.84. The molecule has 0 bridgehead atoms. The highest BCUT2D eigenvalue weighted by Crippen LogP contribution is 2.33. The highest BCUT2D eigenvalue weighted by atomic mass is 32.2. The van der Waals surface area contributed by atoms with Crippen LogP contribution in [0, 0.1) is 0 Å². The normalized spacial score (nSPS) is 22.8. The van der Waals surface area contributed by atoms with Crippen molar-refractivity contribution in [2.45, 2.75) is 49.7 Å². The molecule has 0 aromatic carbocycles. The molecule has 1 aromatic rings. The maximum Gasteiger partial charge on any atom is 0.258 e. The van der Waals surface area contributed by atoms with Crippen molar-refractivity contribution >= 4 is 10.0 Å². The third kappa shape index (κ3) is 1.65. The van der Waals surface area contributed by atoms with E-state index in [0.29, 0.717) is 11.7 Å². The summed E-state index contributed by atoms with van der Waals surface area (Å²) in [6, 6.07) is 0. The minimum Gasteiger partial charge on any atom is -0.218 e. The Morgan fingerprint density at radius 1 is 1.19 bits per heavy atom. The van der Waals surface area contributed by atoms with Crippen LogP contribution in [0.15, 0.2) is 6.33 Å². The summed E-state index contributed by atoms with van der Waals surface area (Å²) < 4.78 is 24.8. The van der Waals surface area contributed by atoms with E-state index in [1.54, 1.807) is 0 Å². The molecule has 0 spiro atoms. The molecule has 6 heteroatoms. The van der Waals surface area contributed by atoms with Crippen molar-refractivity contribution < 1.29 is 8.42 Å². The Bertz CT molecular complexity index is 484. The SMILES string of the molecule is O=S(=O)(C1CC1)n1cnc(C2CCCC2)n1. The summed E-state index contributed by atoms with van der Waals surface area (Å²) in [6.45, 7) is 0. The standard InChI is InChI=1S/C10H15N3O2S/c14-16(15,9-5-6-9)13-7-11-10(12-13)8-3-1-2-4-8/h7-9H,1-6H2. The van der Waals surface area contributed by atoms with Gasteiger partial charge in [0.05, 0.1) is 5.25 Å². The molecular formula is C10H15N3O2S. The molecule has 1 heterocycles. The first-order valence-corrected chi connectivity index (χ1v) is 7.34. The van der Waals surface area contributed by atoms with Crippen LogP contribution in [0.3, 0.4) is 0 Å². The molecule has 2 aliphatic carbocycles. The molecule has 0 radical (unpaired) electrons. The predicted octanol–water partition coefficient (Wildman–Crippen LogP) is 1.28. The van der Waals surface area contributed by atoms with Crippen LogP contribution in [0.1, 0.15) is 50.3 Å². The second kappa shape index (κ2) is 3.55. The van der Waals surface area contributed by atoms with E-state index >= 15 is 0 Å². The highest BCUT2D eigenvalue weighted by Gasteiger charge is 2.38. The van der Waals surface area contributed by atoms with E-state index in [1.165, 1.54) is 19.2 Å². The minimum absolute atomic E-state index is 0.217. The lowest BCUT2D eigenvalue weighted by Crippen LogP contribution is -2.18. The van der Waals surface area contributed by atoms with Gasteiger partial charge in [0.25, 0.3) is 10.0 Å². The molecule has 2 aliphatic rings. The van der Waals surface area contributed by atoms with Crippen LogP contribution in [0.4, 0.5) is 0 Å². The van der Waals surface area contributed by atoms with Gasteiger partial charge in [-0.25, -0.2) is 13.4 Å². The van der Waals surface area contributed by atoms with Gasteiger partial charge in [-0.1, -0.05) is 12.8 Å². The van der Waals surface area contributed by atoms with Gasteiger partial charge in [-0.15, -0.1) is 9.19 Å². The van der Waals surface area contributed by atoms with E-state index in [1.807, 2.05) is 0 Å². The third-order valence-electron chi connectivity index (χ3n) is 3.42. The molecule has 0 N–H and O–H groups in total. The Balaban J connectivity index is 1.87. The second-order valence-corrected chi connectivity index (χ2v) is 6.77. The topological polar surface area (TPSA) is 64.8 Å². The fraction of sp³-hybridized carbons (Fsp3) is 0.800. The van der Waals surface area contributed by atoms with E-state index in [-0.39, 0.29) is 5.25 Å². The van der Waals surface area contributed by atoms with Crippen molar-refractivity contribution in [1.29, 1.82) is 0 Å². The van der Waals surface area contributed by atoms with E-state index in [9.17, 15) is 8.42 Å². The van der Waals surface area contributed by atoms with E-state index < -0.39 is 10.0 Å². The van der Waals surface area contributed by atoms with E-state index in [4.69, 9.17) is 0 Å². The molecule has 3 rings (SSSR count). The van der Waals surface area contributed by atoms with Gasteiger partial charge in [0.1, 0.15) is 6.33 Å². The Hall–Kier alpha value is -0.910. The zero-order valence-corrected chi connectivity index (χ0v) is 9.86. The summed E-state index contributed by atoms with van der Waals surface area (Å²) in [4.78, 5) is 4.15. The van der Waals surface area contributed by atoms with Crippen LogP contribution in [0.2, 0.25) is 0 Å². The van der Waals surface area contributed by atoms with Crippen LogP contribution in [-0.2, 0) is 10.0 Å². The number of rotatable bonds is 3. The summed E-state index contributed by atoms with van der Waals surface area (Å²) >= 11 is 0. The smallest absolute Gasteiger partial charge is 0.218 e. The molecule has 0 saturated heterocycles. The summed E-state index contributed by atoms with van der Waals surface area (Å²) in [6.07, 6.45) is 7.48. The lowest BCUT2D eigenvalue weighted by molar-refractivity contribution is 0.575. The first-order chi connectivity index (χ1) is 7.68. The van der Waals surface area contributed by atoms with Gasteiger partial charge >= 0.3 is 0 Å². The van der Waals surface area contributed by atoms with Gasteiger partial charge in [0, 0.05) is 5.92 Å². The molecule has 2 fully saturated rings. The number of nitrogens with zero attached hydrogens (tertiary/aromatic N) is 3. The average molecular weight is 241 g/mol. The lowest BCUT2D eigenvalue weighted by Gasteiger charge is -2.02. The molecule has 0 atom stereocenters. The third-order valence-corrected chi connectivity index (χ3v) is 5.43. The van der Waals surface area contributed by atoms with Crippen molar-refractivity contribution in [3.8, 4) is 0 Å². The second-order valence-electron chi connectivity index (χ2n) is 4.70. The van der Waals surface area contributed by atoms with Gasteiger partial charge in [-0.05, 0) is 25.7 Å². The van der Waals surface area contributed by atoms with Crippen molar-refractivity contribution in [3.63, 3.8) is 0 Å². The van der Waals surface area contributed by atoms with Crippen molar-refractivity contribution in [2.75, 3.05) is 0 Å². The number of hydrogen-bond acceptors (Lipinski definition) is 4. The Morgan fingerprint density at radius 3 is 2.50 bits per heavy atom. The largest absolute Gasteiger partial charge is 0.258 e. The molecular weight excluding hydrogens is 226 g/mol. The number of hydrogen-bond donors (Lipinski definition) is 0. The lowest BCUT2D eigenvalue weighted by atomic mass is 10.1. The van der Waals surface area contributed by atoms with Crippen molar-refractivity contribution in [3.05, 3.63) is 12.2 Å². The van der Waals surface area contributed by atoms with Crippen molar-refractivity contribution in [1.82, 2.24) is 14.2 Å². The number of aromatic nitrogens is 3. The Kier molecular flexibility index (Phi) is 2.27. The predicted molar refractivity (Wildman–Crippen MR) is 58.6 cm³/mol. The molecule has 0 aliphatic heterocycles. The van der Waals surface area contributed by atoms with Crippen LogP contribution in [0.5, 0.6) is 0 Å². The molecule has 0 amide bonds. The fourth-order valence-electron chi connectivity index (χ4n) is 2.27. The van der Waals surface area contributed by atoms with E-state index in [0.717, 1.165) is 29.8 Å². The van der Waals surface area contributed by atoms with Crippen LogP contribution >= 0.6 is 0 Å². The monoisotopic (exact) mass is 241 g/mol. The molecule has 2 saturated carbocycles. The van der Waals surface area contributed by atoms with E-state index in [2.05, 4.69) is 10.1 Å². The fourth-order valence-corrected chi connectivity index (χ4v) is 3.69. The first kappa shape index (κ1) is 10.3. The maximum absolute atomic E-state index is 11.9. The van der Waals surface area contributed by atoms with Gasteiger partial charge in [-0.2, -0.15) is 0 Å². The van der Waals surface area contributed by atoms with Gasteiger partial charge in [-0.3, -0.25) is 0 Å². The van der Waals surface area contributed by atoms with Crippen LogP contribution in [0.25, 0.3) is 0 Å². The summed E-state index contributed by atoms with van der Waals surface area (Å²) in [7, 11) is -3.23. The average Bonchev–Trinajstić information content (AvgIpc) is 2.82. The molecule has 1 aromatic heterocycles. The minimum atomic E-state index is -3.23. The Labute approximate surface area is 94.9 Å². The van der Waals surface area contributed by atoms with Gasteiger partial charge in [0.2, 0.25) is 0 Å². The molecule has 5 nitrogen and oxygen atoms in total. The van der Waals surface area contributed by atoms with Gasteiger partial charge < -0.3 is 0 Å². The molecule has 0 unspecified atom stereocenters. The quantitative estimate of drug-likeness (QED) is 0.799.